The summed E-state index contributed by atoms with van der Waals surface area (Å²) >= 11 is 0. The van der Waals surface area contributed by atoms with E-state index in [2.05, 4.69) is 0 Å². The number of hydrogen-bond acceptors (Lipinski definition) is 4. The van der Waals surface area contributed by atoms with Crippen LogP contribution < -0.4 is 19.5 Å². The molecule has 0 radical (unpaired) electrons. The highest BCUT2D eigenvalue weighted by Gasteiger charge is 2.27. The third-order valence-electron chi connectivity index (χ3n) is 2.74. The molecule has 0 spiro atoms. The molecule has 0 aromatic heterocycles. The fourth-order valence-corrected chi connectivity index (χ4v) is 1.81. The fourth-order valence-electron chi connectivity index (χ4n) is 1.81. The molecule has 0 saturated carbocycles. The first kappa shape index (κ1) is 16.0. The van der Waals surface area contributed by atoms with Crippen LogP contribution in [0.25, 0.3) is 6.08 Å². The van der Waals surface area contributed by atoms with Crippen LogP contribution in [-0.4, -0.2) is 39.0 Å². The van der Waals surface area contributed by atoms with E-state index in [0.29, 0.717) is 36.0 Å². The van der Waals surface area contributed by atoms with Crippen LogP contribution >= 0.6 is 0 Å². The Labute approximate surface area is 124 Å². The quantitative estimate of drug-likeness (QED) is 0.865. The number of amides is 1. The van der Waals surface area contributed by atoms with Crippen molar-refractivity contribution in [1.82, 2.24) is 5.32 Å². The summed E-state index contributed by atoms with van der Waals surface area (Å²) in [4.78, 5) is 11.3. The molecular formula is C14H14F3NO4. The van der Waals surface area contributed by atoms with Gasteiger partial charge in [-0.05, 0) is 23.8 Å². The Morgan fingerprint density at radius 1 is 1.36 bits per heavy atom. The highest BCUT2D eigenvalue weighted by atomic mass is 19.4. The lowest BCUT2D eigenvalue weighted by Crippen LogP contribution is -2.32. The summed E-state index contributed by atoms with van der Waals surface area (Å²) in [6.45, 7) is -0.589. The smallest absolute Gasteiger partial charge is 0.405 e. The molecule has 0 saturated heterocycles. The van der Waals surface area contributed by atoms with Crippen molar-refractivity contribution in [3.63, 3.8) is 0 Å². The van der Waals surface area contributed by atoms with Crippen molar-refractivity contribution >= 4 is 12.0 Å². The minimum absolute atomic E-state index is 0.384. The molecular weight excluding hydrogens is 303 g/mol. The molecule has 1 heterocycles. The van der Waals surface area contributed by atoms with E-state index in [1.807, 2.05) is 0 Å². The van der Waals surface area contributed by atoms with Crippen molar-refractivity contribution < 1.29 is 32.2 Å². The van der Waals surface area contributed by atoms with Gasteiger partial charge in [-0.3, -0.25) is 4.79 Å². The molecule has 1 aromatic rings. The Morgan fingerprint density at radius 2 is 2.09 bits per heavy atom. The standard InChI is InChI=1S/C14H14F3NO4/c1-20-10-6-9(7-11-13(10)22-5-4-21-11)2-3-12(19)18-8-14(15,16)17/h2-3,6-7H,4-5,8H2,1H3,(H,18,19)/b3-2+. The van der Waals surface area contributed by atoms with E-state index in [4.69, 9.17) is 14.2 Å². The third-order valence-corrected chi connectivity index (χ3v) is 2.74. The molecule has 8 heteroatoms. The van der Waals surface area contributed by atoms with Crippen LogP contribution in [0.3, 0.4) is 0 Å². The van der Waals surface area contributed by atoms with Crippen LogP contribution in [0.5, 0.6) is 17.2 Å². The molecule has 1 aliphatic rings. The van der Waals surface area contributed by atoms with Gasteiger partial charge in [-0.25, -0.2) is 0 Å². The van der Waals surface area contributed by atoms with Crippen LogP contribution in [0.2, 0.25) is 0 Å². The van der Waals surface area contributed by atoms with Gasteiger partial charge in [0.05, 0.1) is 7.11 Å². The first-order chi connectivity index (χ1) is 10.4. The summed E-state index contributed by atoms with van der Waals surface area (Å²) in [6, 6.07) is 3.21. The number of rotatable bonds is 4. The van der Waals surface area contributed by atoms with Gasteiger partial charge in [-0.15, -0.1) is 0 Å². The summed E-state index contributed by atoms with van der Waals surface area (Å²) in [5.74, 6) is 0.507. The van der Waals surface area contributed by atoms with Gasteiger partial charge in [0.2, 0.25) is 11.7 Å². The molecule has 22 heavy (non-hydrogen) atoms. The predicted molar refractivity (Wildman–Crippen MR) is 72.1 cm³/mol. The fraction of sp³-hybridized carbons (Fsp3) is 0.357. The van der Waals surface area contributed by atoms with Gasteiger partial charge in [0.1, 0.15) is 19.8 Å². The Hall–Kier alpha value is -2.38. The number of benzene rings is 1. The van der Waals surface area contributed by atoms with Crippen molar-refractivity contribution in [3.8, 4) is 17.2 Å². The van der Waals surface area contributed by atoms with Gasteiger partial charge < -0.3 is 19.5 Å². The van der Waals surface area contributed by atoms with Gasteiger partial charge in [-0.2, -0.15) is 13.2 Å². The van der Waals surface area contributed by atoms with Crippen LogP contribution in [0.1, 0.15) is 5.56 Å². The number of fused-ring (bicyclic) bond motifs is 1. The monoisotopic (exact) mass is 317 g/mol. The Kier molecular flexibility index (Phi) is 4.79. The van der Waals surface area contributed by atoms with Crippen molar-refractivity contribution in [2.45, 2.75) is 6.18 Å². The number of alkyl halides is 3. The minimum Gasteiger partial charge on any atom is -0.493 e. The lowest BCUT2D eigenvalue weighted by atomic mass is 10.1. The molecule has 0 unspecified atom stereocenters. The van der Waals surface area contributed by atoms with E-state index in [1.165, 1.54) is 13.2 Å². The first-order valence-electron chi connectivity index (χ1n) is 6.39. The largest absolute Gasteiger partial charge is 0.493 e. The topological polar surface area (TPSA) is 56.8 Å². The third kappa shape index (κ3) is 4.31. The lowest BCUT2D eigenvalue weighted by Gasteiger charge is -2.20. The van der Waals surface area contributed by atoms with Crippen molar-refractivity contribution in [3.05, 3.63) is 23.8 Å². The molecule has 1 aliphatic heterocycles. The lowest BCUT2D eigenvalue weighted by molar-refractivity contribution is -0.135. The summed E-state index contributed by atoms with van der Waals surface area (Å²) in [5, 5.41) is 1.75. The van der Waals surface area contributed by atoms with E-state index in [0.717, 1.165) is 6.08 Å². The maximum atomic E-state index is 12.0. The zero-order chi connectivity index (χ0) is 16.2. The van der Waals surface area contributed by atoms with Crippen molar-refractivity contribution in [1.29, 1.82) is 0 Å². The summed E-state index contributed by atoms with van der Waals surface area (Å²) in [7, 11) is 1.46. The zero-order valence-electron chi connectivity index (χ0n) is 11.7. The SMILES string of the molecule is COc1cc(/C=C/C(=O)NCC(F)(F)F)cc2c1OCCO2. The molecule has 1 amide bonds. The Bertz CT molecular complexity index is 567. The Balaban J connectivity index is 2.09. The second-order valence-electron chi connectivity index (χ2n) is 4.41. The highest BCUT2D eigenvalue weighted by molar-refractivity contribution is 5.91. The number of carbonyl (C=O) groups excluding carboxylic acids is 1. The van der Waals surface area contributed by atoms with Crippen LogP contribution in [0.15, 0.2) is 18.2 Å². The summed E-state index contributed by atoms with van der Waals surface area (Å²) in [5.41, 5.74) is 0.545. The van der Waals surface area contributed by atoms with Gasteiger partial charge in [0.15, 0.2) is 11.5 Å². The van der Waals surface area contributed by atoms with Crippen LogP contribution in [0, 0.1) is 0 Å². The number of methoxy groups -OCH3 is 1. The predicted octanol–water partition coefficient (Wildman–Crippen LogP) is 2.16. The highest BCUT2D eigenvalue weighted by Crippen LogP contribution is 2.40. The first-order valence-corrected chi connectivity index (χ1v) is 6.39. The molecule has 0 bridgehead atoms. The molecule has 0 atom stereocenters. The van der Waals surface area contributed by atoms with E-state index >= 15 is 0 Å². The molecule has 1 aromatic carbocycles. The van der Waals surface area contributed by atoms with Crippen molar-refractivity contribution in [2.75, 3.05) is 26.9 Å². The van der Waals surface area contributed by atoms with E-state index in [9.17, 15) is 18.0 Å². The zero-order valence-corrected chi connectivity index (χ0v) is 11.7. The summed E-state index contributed by atoms with van der Waals surface area (Å²) < 4.78 is 51.9. The second-order valence-corrected chi connectivity index (χ2v) is 4.41. The average molecular weight is 317 g/mol. The van der Waals surface area contributed by atoms with Gasteiger partial charge in [0, 0.05) is 6.08 Å². The molecule has 5 nitrogen and oxygen atoms in total. The van der Waals surface area contributed by atoms with Gasteiger partial charge in [0.25, 0.3) is 0 Å². The number of ether oxygens (including phenoxy) is 3. The van der Waals surface area contributed by atoms with E-state index in [-0.39, 0.29) is 0 Å². The minimum atomic E-state index is -4.44. The number of nitrogens with one attached hydrogen (secondary N) is 1. The molecule has 120 valence electrons. The maximum absolute atomic E-state index is 12.0. The summed E-state index contributed by atoms with van der Waals surface area (Å²) in [6.07, 6.45) is -2.06. The molecule has 0 aliphatic carbocycles. The molecule has 0 fully saturated rings. The molecule has 2 rings (SSSR count). The molecule has 1 N–H and O–H groups in total. The van der Waals surface area contributed by atoms with Crippen LogP contribution in [0.4, 0.5) is 13.2 Å². The number of carbonyl (C=O) groups is 1. The average Bonchev–Trinajstić information content (AvgIpc) is 2.49. The van der Waals surface area contributed by atoms with Crippen molar-refractivity contribution in [2.24, 2.45) is 0 Å². The van der Waals surface area contributed by atoms with E-state index in [1.54, 1.807) is 17.4 Å². The van der Waals surface area contributed by atoms with Gasteiger partial charge >= 0.3 is 6.18 Å². The normalized spacial score (nSPS) is 14.0. The number of hydrogen-bond donors (Lipinski definition) is 1. The van der Waals surface area contributed by atoms with Gasteiger partial charge in [-0.1, -0.05) is 0 Å². The maximum Gasteiger partial charge on any atom is 0.405 e. The second kappa shape index (κ2) is 6.59. The van der Waals surface area contributed by atoms with E-state index < -0.39 is 18.6 Å². The Morgan fingerprint density at radius 3 is 2.77 bits per heavy atom. The number of halogens is 3. The van der Waals surface area contributed by atoms with Crippen LogP contribution in [-0.2, 0) is 4.79 Å².